The van der Waals surface area contributed by atoms with Crippen molar-refractivity contribution in [1.29, 1.82) is 0 Å². The summed E-state index contributed by atoms with van der Waals surface area (Å²) in [6.07, 6.45) is 14.9. The van der Waals surface area contributed by atoms with Gasteiger partial charge in [0.2, 0.25) is 0 Å². The van der Waals surface area contributed by atoms with Crippen LogP contribution in [0.1, 0.15) is 92.9 Å². The first-order valence-corrected chi connectivity index (χ1v) is 21.4. The lowest BCUT2D eigenvalue weighted by Crippen LogP contribution is -2.48. The third-order valence-corrected chi connectivity index (χ3v) is 15.9. The maximum atomic E-state index is 6.37. The summed E-state index contributed by atoms with van der Waals surface area (Å²) in [4.78, 5) is 2.57. The van der Waals surface area contributed by atoms with E-state index in [9.17, 15) is 0 Å². The number of hydrogen-bond donors (Lipinski definition) is 0. The molecule has 5 fully saturated rings. The van der Waals surface area contributed by atoms with Crippen molar-refractivity contribution in [2.75, 3.05) is 4.90 Å². The molecule has 2 spiro atoms. The Bertz CT molecular complexity index is 2700. The molecule has 6 aromatic carbocycles. The number of rotatable bonds is 3. The number of hydrogen-bond acceptors (Lipinski definition) is 2. The van der Waals surface area contributed by atoms with Crippen molar-refractivity contribution in [3.63, 3.8) is 0 Å². The van der Waals surface area contributed by atoms with E-state index in [1.165, 1.54) is 126 Å². The Morgan fingerprint density at radius 2 is 1.11 bits per heavy atom. The predicted molar refractivity (Wildman–Crippen MR) is 226 cm³/mol. The van der Waals surface area contributed by atoms with Crippen LogP contribution in [0.3, 0.4) is 0 Å². The molecule has 1 aromatic heterocycles. The van der Waals surface area contributed by atoms with Gasteiger partial charge in [-0.1, -0.05) is 105 Å². The van der Waals surface area contributed by atoms with E-state index in [4.69, 9.17) is 4.42 Å². The minimum absolute atomic E-state index is 0.0950. The fourth-order valence-corrected chi connectivity index (χ4v) is 14.0. The van der Waals surface area contributed by atoms with E-state index >= 15 is 0 Å². The van der Waals surface area contributed by atoms with Crippen LogP contribution in [0.5, 0.6) is 0 Å². The number of benzene rings is 6. The highest BCUT2D eigenvalue weighted by Crippen LogP contribution is 2.68. The quantitative estimate of drug-likeness (QED) is 0.181. The highest BCUT2D eigenvalue weighted by Gasteiger charge is 2.59. The first-order valence-electron chi connectivity index (χ1n) is 21.4. The summed E-state index contributed by atoms with van der Waals surface area (Å²) in [5.41, 5.74) is 18.0. The maximum absolute atomic E-state index is 6.37. The predicted octanol–water partition coefficient (Wildman–Crippen LogP) is 14.4. The van der Waals surface area contributed by atoms with Crippen molar-refractivity contribution in [3.05, 3.63) is 150 Å². The molecule has 0 saturated heterocycles. The van der Waals surface area contributed by atoms with Gasteiger partial charge in [0.1, 0.15) is 11.2 Å². The van der Waals surface area contributed by atoms with Crippen LogP contribution >= 0.6 is 0 Å². The molecule has 0 amide bonds. The van der Waals surface area contributed by atoms with E-state index in [-0.39, 0.29) is 10.8 Å². The second-order valence-electron chi connectivity index (χ2n) is 18.3. The third kappa shape index (κ3) is 4.11. The van der Waals surface area contributed by atoms with Crippen molar-refractivity contribution < 1.29 is 4.42 Å². The standard InChI is InChI=1S/C53H47NO/c1-8-24-52(25-9-1)46-13-5-2-10-40(46)42-21-18-39(32-49(42)52)54(38-20-23-51-45(31-38)43-12-4-7-15-50(43)55-51)37-19-22-48-44(30-37)41-11-3-6-14-47(41)53(48)35-17-16-33-26-34(28-35)29-36(53)27-33/h2-7,10-15,18-23,30-36H,1,8-9,16-17,24-29H2. The first-order chi connectivity index (χ1) is 27.2. The van der Waals surface area contributed by atoms with Gasteiger partial charge in [0, 0.05) is 38.7 Å². The van der Waals surface area contributed by atoms with Crippen LogP contribution in [-0.2, 0) is 10.8 Å². The van der Waals surface area contributed by atoms with Crippen LogP contribution in [0.2, 0.25) is 0 Å². The zero-order valence-corrected chi connectivity index (χ0v) is 31.6. The Morgan fingerprint density at radius 1 is 0.455 bits per heavy atom. The van der Waals surface area contributed by atoms with Crippen molar-refractivity contribution >= 4 is 39.0 Å². The smallest absolute Gasteiger partial charge is 0.135 e. The summed E-state index contributed by atoms with van der Waals surface area (Å²) < 4.78 is 6.37. The van der Waals surface area contributed by atoms with Gasteiger partial charge >= 0.3 is 0 Å². The lowest BCUT2D eigenvalue weighted by molar-refractivity contribution is 0.0618. The van der Waals surface area contributed by atoms with Gasteiger partial charge in [-0.2, -0.15) is 0 Å². The molecular weight excluding hydrogens is 667 g/mol. The molecule has 4 bridgehead atoms. The zero-order valence-electron chi connectivity index (χ0n) is 31.6. The van der Waals surface area contributed by atoms with Crippen LogP contribution in [0, 0.1) is 23.7 Å². The van der Waals surface area contributed by atoms with Crippen LogP contribution < -0.4 is 4.90 Å². The molecule has 7 aliphatic carbocycles. The second-order valence-corrected chi connectivity index (χ2v) is 18.3. The molecule has 0 radical (unpaired) electrons. The monoisotopic (exact) mass is 713 g/mol. The van der Waals surface area contributed by atoms with E-state index in [2.05, 4.69) is 132 Å². The summed E-state index contributed by atoms with van der Waals surface area (Å²) >= 11 is 0. The average Bonchev–Trinajstić information content (AvgIpc) is 3.77. The molecule has 14 rings (SSSR count). The van der Waals surface area contributed by atoms with Crippen LogP contribution in [0.4, 0.5) is 17.1 Å². The second kappa shape index (κ2) is 11.3. The molecule has 270 valence electrons. The Balaban J connectivity index is 1.03. The Morgan fingerprint density at radius 3 is 2.02 bits per heavy atom. The number of fused-ring (bicyclic) bond motifs is 12. The van der Waals surface area contributed by atoms with Crippen molar-refractivity contribution in [1.82, 2.24) is 0 Å². The van der Waals surface area contributed by atoms with Crippen molar-refractivity contribution in [2.45, 2.75) is 81.5 Å². The third-order valence-electron chi connectivity index (χ3n) is 15.9. The molecule has 7 aromatic rings. The van der Waals surface area contributed by atoms with Crippen molar-refractivity contribution in [3.8, 4) is 22.3 Å². The molecule has 2 heteroatoms. The summed E-state index contributed by atoms with van der Waals surface area (Å²) in [5.74, 6) is 3.35. The van der Waals surface area contributed by atoms with Crippen molar-refractivity contribution in [2.24, 2.45) is 23.7 Å². The van der Waals surface area contributed by atoms with Gasteiger partial charge in [0.15, 0.2) is 0 Å². The van der Waals surface area contributed by atoms with E-state index in [1.807, 2.05) is 0 Å². The lowest BCUT2D eigenvalue weighted by atomic mass is 9.51. The van der Waals surface area contributed by atoms with Gasteiger partial charge < -0.3 is 9.32 Å². The first kappa shape index (κ1) is 31.2. The molecule has 0 N–H and O–H groups in total. The highest BCUT2D eigenvalue weighted by atomic mass is 16.3. The Hall–Kier alpha value is -5.08. The largest absolute Gasteiger partial charge is 0.456 e. The van der Waals surface area contributed by atoms with Gasteiger partial charge in [0.05, 0.1) is 0 Å². The van der Waals surface area contributed by atoms with E-state index < -0.39 is 0 Å². The molecule has 0 aliphatic heterocycles. The number of anilines is 3. The van der Waals surface area contributed by atoms with Crippen LogP contribution in [-0.4, -0.2) is 0 Å². The lowest BCUT2D eigenvalue weighted by Gasteiger charge is -2.53. The topological polar surface area (TPSA) is 16.4 Å². The van der Waals surface area contributed by atoms with E-state index in [0.29, 0.717) is 0 Å². The molecule has 5 atom stereocenters. The maximum Gasteiger partial charge on any atom is 0.135 e. The summed E-state index contributed by atoms with van der Waals surface area (Å²) in [6.45, 7) is 0. The van der Waals surface area contributed by atoms with Gasteiger partial charge in [-0.25, -0.2) is 0 Å². The van der Waals surface area contributed by atoms with Crippen LogP contribution in [0.25, 0.3) is 44.2 Å². The number of para-hydroxylation sites is 1. The molecule has 7 aliphatic rings. The molecule has 1 heterocycles. The minimum atomic E-state index is 0.0950. The van der Waals surface area contributed by atoms with Crippen LogP contribution in [0.15, 0.2) is 132 Å². The molecule has 5 saturated carbocycles. The number of nitrogens with zero attached hydrogens (tertiary/aromatic N) is 1. The summed E-state index contributed by atoms with van der Waals surface area (Å²) in [5, 5.41) is 2.35. The zero-order chi connectivity index (χ0) is 35.9. The van der Waals surface area contributed by atoms with E-state index in [0.717, 1.165) is 34.8 Å². The molecule has 5 unspecified atom stereocenters. The van der Waals surface area contributed by atoms with Gasteiger partial charge in [-0.3, -0.25) is 0 Å². The molecular formula is C53H47NO. The minimum Gasteiger partial charge on any atom is -0.456 e. The van der Waals surface area contributed by atoms with Gasteiger partial charge in [-0.05, 0) is 162 Å². The Labute approximate surface area is 324 Å². The normalized spacial score (nSPS) is 26.3. The highest BCUT2D eigenvalue weighted by molar-refractivity contribution is 6.06. The average molecular weight is 714 g/mol. The van der Waals surface area contributed by atoms with Gasteiger partial charge in [-0.15, -0.1) is 0 Å². The molecule has 55 heavy (non-hydrogen) atoms. The van der Waals surface area contributed by atoms with E-state index in [1.54, 1.807) is 16.7 Å². The fourth-order valence-electron chi connectivity index (χ4n) is 14.0. The summed E-state index contributed by atoms with van der Waals surface area (Å²) in [7, 11) is 0. The fraction of sp³-hybridized carbons (Fsp3) is 0.321. The Kier molecular flexibility index (Phi) is 6.37. The molecule has 2 nitrogen and oxygen atoms in total. The van der Waals surface area contributed by atoms with Gasteiger partial charge in [0.25, 0.3) is 0 Å². The summed E-state index contributed by atoms with van der Waals surface area (Å²) in [6, 6.07) is 49.3. The SMILES string of the molecule is c1ccc2c(c1)-c1ccc(N(c3ccc4c(c3)-c3ccccc3C43C4CCC5CC(C4)CC3C5)c3ccc4oc5ccccc5c4c3)cc1C21CCCCC1. The number of furan rings is 1.